The molecule has 0 aromatic heterocycles. The molecule has 0 aliphatic heterocycles. The number of sulfonamides is 1. The number of rotatable bonds is 6. The van der Waals surface area contributed by atoms with E-state index < -0.39 is 39.9 Å². The monoisotopic (exact) mass is 403 g/mol. The number of aliphatic carboxylic acids is 1. The highest BCUT2D eigenvalue weighted by Crippen LogP contribution is 2.30. The maximum absolute atomic E-state index is 12.7. The predicted molar refractivity (Wildman–Crippen MR) is 89.3 cm³/mol. The molecule has 0 fully saturated rings. The quantitative estimate of drug-likeness (QED) is 0.688. The Labute approximate surface area is 153 Å². The van der Waals surface area contributed by atoms with Gasteiger partial charge in [0, 0.05) is 0 Å². The number of aliphatic hydroxyl groups is 1. The molecule has 0 unspecified atom stereocenters. The van der Waals surface area contributed by atoms with Gasteiger partial charge in [0.2, 0.25) is 10.0 Å². The van der Waals surface area contributed by atoms with Crippen molar-refractivity contribution >= 4 is 16.0 Å². The van der Waals surface area contributed by atoms with Crippen molar-refractivity contribution in [2.45, 2.75) is 30.1 Å². The summed E-state index contributed by atoms with van der Waals surface area (Å²) in [5, 5.41) is 18.9. The molecule has 3 N–H and O–H groups in total. The van der Waals surface area contributed by atoms with Crippen LogP contribution in [0.15, 0.2) is 53.4 Å². The van der Waals surface area contributed by atoms with Crippen molar-refractivity contribution in [2.75, 3.05) is 0 Å². The molecule has 0 spiro atoms. The second kappa shape index (κ2) is 7.67. The fourth-order valence-electron chi connectivity index (χ4n) is 2.29. The molecular weight excluding hydrogens is 387 g/mol. The van der Waals surface area contributed by atoms with Gasteiger partial charge in [-0.3, -0.25) is 0 Å². The minimum atomic E-state index is -4.61. The number of aryl methyl sites for hydroxylation is 1. The van der Waals surface area contributed by atoms with Crippen LogP contribution in [0.3, 0.4) is 0 Å². The molecule has 146 valence electrons. The number of alkyl halides is 3. The summed E-state index contributed by atoms with van der Waals surface area (Å²) in [5.41, 5.74) is -0.330. The summed E-state index contributed by atoms with van der Waals surface area (Å²) < 4.78 is 65.0. The van der Waals surface area contributed by atoms with E-state index in [0.717, 1.165) is 17.7 Å². The fourth-order valence-corrected chi connectivity index (χ4v) is 3.52. The first kappa shape index (κ1) is 20.9. The van der Waals surface area contributed by atoms with Crippen molar-refractivity contribution < 1.29 is 36.6 Å². The maximum Gasteiger partial charge on any atom is 0.416 e. The van der Waals surface area contributed by atoms with Crippen LogP contribution in [0.2, 0.25) is 0 Å². The molecule has 0 bridgehead atoms. The van der Waals surface area contributed by atoms with E-state index in [1.54, 1.807) is 6.92 Å². The molecule has 27 heavy (non-hydrogen) atoms. The van der Waals surface area contributed by atoms with E-state index in [2.05, 4.69) is 0 Å². The van der Waals surface area contributed by atoms with Gasteiger partial charge in [-0.1, -0.05) is 29.8 Å². The highest BCUT2D eigenvalue weighted by molar-refractivity contribution is 7.89. The Morgan fingerprint density at radius 2 is 1.56 bits per heavy atom. The number of carboxylic acid groups (broad SMARTS) is 1. The molecule has 2 atom stereocenters. The van der Waals surface area contributed by atoms with Crippen LogP contribution in [-0.4, -0.2) is 30.7 Å². The normalized spacial score (nSPS) is 14.6. The maximum atomic E-state index is 12.7. The van der Waals surface area contributed by atoms with Crippen LogP contribution >= 0.6 is 0 Å². The van der Waals surface area contributed by atoms with Gasteiger partial charge in [0.1, 0.15) is 0 Å². The number of carbonyl (C=O) groups is 1. The molecule has 0 aliphatic carbocycles. The van der Waals surface area contributed by atoms with Crippen LogP contribution in [0.4, 0.5) is 13.2 Å². The smallest absolute Gasteiger partial charge is 0.416 e. The second-order valence-electron chi connectivity index (χ2n) is 5.81. The molecule has 0 saturated heterocycles. The lowest BCUT2D eigenvalue weighted by Crippen LogP contribution is -2.40. The van der Waals surface area contributed by atoms with E-state index in [1.807, 2.05) is 4.72 Å². The minimum Gasteiger partial charge on any atom is -0.479 e. The van der Waals surface area contributed by atoms with Crippen molar-refractivity contribution in [1.29, 1.82) is 0 Å². The molecule has 10 heteroatoms. The van der Waals surface area contributed by atoms with Crippen molar-refractivity contribution in [3.8, 4) is 0 Å². The Morgan fingerprint density at radius 1 is 1.04 bits per heavy atom. The molecule has 0 amide bonds. The summed E-state index contributed by atoms with van der Waals surface area (Å²) in [6.07, 6.45) is -6.82. The largest absolute Gasteiger partial charge is 0.479 e. The first-order chi connectivity index (χ1) is 12.4. The Morgan fingerprint density at radius 3 is 2.00 bits per heavy atom. The molecule has 0 radical (unpaired) electrons. The summed E-state index contributed by atoms with van der Waals surface area (Å²) in [6, 6.07) is 7.12. The van der Waals surface area contributed by atoms with Crippen LogP contribution in [-0.2, 0) is 21.0 Å². The Hall–Kier alpha value is -2.43. The summed E-state index contributed by atoms with van der Waals surface area (Å²) >= 11 is 0. The Kier molecular flexibility index (Phi) is 5.93. The van der Waals surface area contributed by atoms with Crippen LogP contribution in [0.1, 0.15) is 22.7 Å². The minimum absolute atomic E-state index is 0.131. The zero-order valence-corrected chi connectivity index (χ0v) is 14.8. The van der Waals surface area contributed by atoms with Gasteiger partial charge in [-0.05, 0) is 36.8 Å². The Bertz CT molecular complexity index is 909. The molecule has 0 saturated carbocycles. The summed E-state index contributed by atoms with van der Waals surface area (Å²) in [5.74, 6) is -1.73. The van der Waals surface area contributed by atoms with Gasteiger partial charge in [0.25, 0.3) is 0 Å². The van der Waals surface area contributed by atoms with E-state index in [4.69, 9.17) is 5.11 Å². The molecule has 0 aliphatic rings. The average Bonchev–Trinajstić information content (AvgIpc) is 2.59. The van der Waals surface area contributed by atoms with Crippen molar-refractivity contribution in [3.63, 3.8) is 0 Å². The number of aliphatic hydroxyl groups excluding tert-OH is 1. The van der Waals surface area contributed by atoms with Crippen LogP contribution in [0, 0.1) is 6.92 Å². The zero-order valence-electron chi connectivity index (χ0n) is 13.9. The standard InChI is InChI=1S/C17H16F3NO5S/c1-10-2-8-13(9-3-10)27(25,26)21-14(15(22)16(23)24)11-4-6-12(7-5-11)17(18,19)20/h2-9,14-15,21-22H,1H3,(H,23,24)/t14-,15+/m0/s1. The SMILES string of the molecule is Cc1ccc(S(=O)(=O)N[C@@H](c2ccc(C(F)(F)F)cc2)[C@@H](O)C(=O)O)cc1. The van der Waals surface area contributed by atoms with Gasteiger partial charge in [-0.25, -0.2) is 17.9 Å². The number of nitrogens with one attached hydrogen (secondary N) is 1. The van der Waals surface area contributed by atoms with Crippen LogP contribution in [0.5, 0.6) is 0 Å². The first-order valence-corrected chi connectivity index (χ1v) is 9.07. The topological polar surface area (TPSA) is 104 Å². The highest BCUT2D eigenvalue weighted by Gasteiger charge is 2.34. The Balaban J connectivity index is 2.40. The van der Waals surface area contributed by atoms with E-state index in [0.29, 0.717) is 12.1 Å². The van der Waals surface area contributed by atoms with Crippen LogP contribution in [0.25, 0.3) is 0 Å². The highest BCUT2D eigenvalue weighted by atomic mass is 32.2. The number of benzene rings is 2. The summed E-state index contributed by atoms with van der Waals surface area (Å²) in [6.45, 7) is 1.74. The third kappa shape index (κ3) is 5.06. The van der Waals surface area contributed by atoms with Gasteiger partial charge in [-0.2, -0.15) is 13.2 Å². The predicted octanol–water partition coefficient (Wildman–Crippen LogP) is 2.48. The van der Waals surface area contributed by atoms with Crippen molar-refractivity contribution in [1.82, 2.24) is 4.72 Å². The van der Waals surface area contributed by atoms with Crippen molar-refractivity contribution in [3.05, 3.63) is 65.2 Å². The molecule has 2 aromatic carbocycles. The first-order valence-electron chi connectivity index (χ1n) is 7.59. The summed E-state index contributed by atoms with van der Waals surface area (Å²) in [7, 11) is -4.24. The third-order valence-electron chi connectivity index (χ3n) is 3.78. The lowest BCUT2D eigenvalue weighted by atomic mass is 10.0. The number of carboxylic acids is 1. The van der Waals surface area contributed by atoms with Gasteiger partial charge in [0.05, 0.1) is 16.5 Å². The average molecular weight is 403 g/mol. The number of hydrogen-bond acceptors (Lipinski definition) is 4. The molecule has 6 nitrogen and oxygen atoms in total. The van der Waals surface area contributed by atoms with Crippen molar-refractivity contribution in [2.24, 2.45) is 0 Å². The molecule has 2 rings (SSSR count). The lowest BCUT2D eigenvalue weighted by molar-refractivity contribution is -0.148. The number of hydrogen-bond donors (Lipinski definition) is 3. The van der Waals surface area contributed by atoms with Gasteiger partial charge >= 0.3 is 12.1 Å². The fraction of sp³-hybridized carbons (Fsp3) is 0.235. The van der Waals surface area contributed by atoms with E-state index >= 15 is 0 Å². The van der Waals surface area contributed by atoms with Crippen LogP contribution < -0.4 is 4.72 Å². The third-order valence-corrected chi connectivity index (χ3v) is 5.24. The van der Waals surface area contributed by atoms with E-state index in [-0.39, 0.29) is 10.5 Å². The molecular formula is C17H16F3NO5S. The lowest BCUT2D eigenvalue weighted by Gasteiger charge is -2.22. The molecule has 2 aromatic rings. The molecule has 0 heterocycles. The van der Waals surface area contributed by atoms with E-state index in [9.17, 15) is 31.5 Å². The van der Waals surface area contributed by atoms with Gasteiger partial charge in [-0.15, -0.1) is 0 Å². The second-order valence-corrected chi connectivity index (χ2v) is 7.53. The van der Waals surface area contributed by atoms with E-state index in [1.165, 1.54) is 24.3 Å². The zero-order chi connectivity index (χ0) is 20.4. The van der Waals surface area contributed by atoms with Gasteiger partial charge in [0.15, 0.2) is 6.10 Å². The number of halogens is 3. The van der Waals surface area contributed by atoms with Gasteiger partial charge < -0.3 is 10.2 Å². The summed E-state index contributed by atoms with van der Waals surface area (Å²) in [4.78, 5) is 11.0.